The van der Waals surface area contributed by atoms with Crippen LogP contribution in [0.15, 0.2) is 58.8 Å². The Balaban J connectivity index is 1.35. The Morgan fingerprint density at radius 2 is 2.08 bits per heavy atom. The van der Waals surface area contributed by atoms with Gasteiger partial charge in [0.05, 0.1) is 35.7 Å². The standard InChI is InChI=1S/C25H24FN7OS2/c1-2-9-32-28-15-22(30-32)36-31-10-7-18-12-21-17(14-29-33(21)20-5-3-19(26)4-6-20)13-25(18,16-31)23(34)24-27-8-11-35-24/h3-6,8,11-12,14-15H,2,7,9-10,13,16H2,1H3. The maximum absolute atomic E-state index is 14.0. The SMILES string of the molecule is CCCn1ncc(SN2CCC3=Cc4c(cnn4-c4ccc(F)cc4)CC3(C(=O)c3nccs3)C2)n1. The lowest BCUT2D eigenvalue weighted by Gasteiger charge is -2.44. The molecule has 1 aliphatic carbocycles. The highest BCUT2D eigenvalue weighted by Gasteiger charge is 2.49. The van der Waals surface area contributed by atoms with Crippen molar-refractivity contribution in [2.75, 3.05) is 13.1 Å². The van der Waals surface area contributed by atoms with E-state index in [1.165, 1.54) is 23.5 Å². The molecule has 1 saturated heterocycles. The van der Waals surface area contributed by atoms with Gasteiger partial charge in [-0.25, -0.2) is 18.4 Å². The predicted octanol–water partition coefficient (Wildman–Crippen LogP) is 4.69. The van der Waals surface area contributed by atoms with Crippen LogP contribution in [0.3, 0.4) is 0 Å². The van der Waals surface area contributed by atoms with Crippen LogP contribution in [0.25, 0.3) is 11.8 Å². The van der Waals surface area contributed by atoms with Crippen LogP contribution in [-0.2, 0) is 13.0 Å². The molecule has 1 unspecified atom stereocenters. The molecule has 2 aliphatic rings. The number of fused-ring (bicyclic) bond motifs is 2. The highest BCUT2D eigenvalue weighted by Crippen LogP contribution is 2.48. The van der Waals surface area contributed by atoms with Crippen LogP contribution in [0, 0.1) is 11.2 Å². The van der Waals surface area contributed by atoms with Gasteiger partial charge in [0.25, 0.3) is 0 Å². The minimum absolute atomic E-state index is 0.0452. The third-order valence-electron chi connectivity index (χ3n) is 6.67. The number of rotatable bonds is 7. The minimum Gasteiger partial charge on any atom is -0.290 e. The number of thiazole rings is 1. The van der Waals surface area contributed by atoms with E-state index in [1.807, 2.05) is 16.3 Å². The summed E-state index contributed by atoms with van der Waals surface area (Å²) in [4.78, 5) is 20.1. The number of hydrogen-bond acceptors (Lipinski definition) is 8. The van der Waals surface area contributed by atoms with Gasteiger partial charge in [-0.15, -0.1) is 16.4 Å². The second kappa shape index (κ2) is 9.38. The van der Waals surface area contributed by atoms with E-state index in [0.29, 0.717) is 18.0 Å². The van der Waals surface area contributed by atoms with Gasteiger partial charge >= 0.3 is 0 Å². The molecular formula is C25H24FN7OS2. The lowest BCUT2D eigenvalue weighted by Crippen LogP contribution is -2.49. The fraction of sp³-hybridized carbons (Fsp3) is 0.320. The van der Waals surface area contributed by atoms with Crippen molar-refractivity contribution < 1.29 is 9.18 Å². The molecule has 4 aromatic rings. The fourth-order valence-corrected chi connectivity index (χ4v) is 6.62. The van der Waals surface area contributed by atoms with Crippen molar-refractivity contribution in [1.82, 2.24) is 34.1 Å². The highest BCUT2D eigenvalue weighted by atomic mass is 32.2. The number of piperidine rings is 1. The summed E-state index contributed by atoms with van der Waals surface area (Å²) in [5.74, 6) is -0.241. The summed E-state index contributed by atoms with van der Waals surface area (Å²) < 4.78 is 17.5. The third kappa shape index (κ3) is 4.10. The summed E-state index contributed by atoms with van der Waals surface area (Å²) in [6.07, 6.45) is 9.64. The molecule has 0 amide bonds. The first-order valence-electron chi connectivity index (χ1n) is 11.9. The Morgan fingerprint density at radius 3 is 2.86 bits per heavy atom. The highest BCUT2D eigenvalue weighted by molar-refractivity contribution is 7.97. The minimum atomic E-state index is -0.730. The molecule has 8 nitrogen and oxygen atoms in total. The van der Waals surface area contributed by atoms with Crippen LogP contribution >= 0.6 is 23.3 Å². The quantitative estimate of drug-likeness (QED) is 0.258. The molecular weight excluding hydrogens is 497 g/mol. The molecule has 1 atom stereocenters. The summed E-state index contributed by atoms with van der Waals surface area (Å²) in [6, 6.07) is 6.30. The number of benzene rings is 1. The maximum Gasteiger partial charge on any atom is 0.203 e. The van der Waals surface area contributed by atoms with E-state index in [1.54, 1.807) is 41.3 Å². The van der Waals surface area contributed by atoms with Crippen LogP contribution in [0.4, 0.5) is 4.39 Å². The Bertz CT molecular complexity index is 1430. The normalized spacial score (nSPS) is 19.6. The van der Waals surface area contributed by atoms with Crippen LogP contribution < -0.4 is 0 Å². The first-order chi connectivity index (χ1) is 17.6. The van der Waals surface area contributed by atoms with Crippen LogP contribution in [0.1, 0.15) is 40.8 Å². The van der Waals surface area contributed by atoms with Crippen LogP contribution in [0.2, 0.25) is 0 Å². The van der Waals surface area contributed by atoms with Gasteiger partial charge in [0.1, 0.15) is 5.82 Å². The molecule has 0 spiro atoms. The Morgan fingerprint density at radius 1 is 1.22 bits per heavy atom. The molecule has 0 radical (unpaired) electrons. The number of halogens is 1. The number of Topliss-reactive ketones (excluding diaryl/α,β-unsaturated/α-hetero) is 1. The third-order valence-corrected chi connectivity index (χ3v) is 8.39. The molecule has 1 aliphatic heterocycles. The lowest BCUT2D eigenvalue weighted by atomic mass is 9.66. The monoisotopic (exact) mass is 521 g/mol. The topological polar surface area (TPSA) is 81.7 Å². The number of carbonyl (C=O) groups excluding carboxylic acids is 1. The van der Waals surface area contributed by atoms with Gasteiger partial charge in [-0.1, -0.05) is 12.5 Å². The molecule has 36 heavy (non-hydrogen) atoms. The molecule has 11 heteroatoms. The van der Waals surface area contributed by atoms with Gasteiger partial charge in [-0.2, -0.15) is 15.0 Å². The fourth-order valence-electron chi connectivity index (χ4n) is 4.99. The molecule has 3 aromatic heterocycles. The molecule has 0 saturated carbocycles. The van der Waals surface area contributed by atoms with Crippen molar-refractivity contribution in [3.05, 3.63) is 75.9 Å². The lowest BCUT2D eigenvalue weighted by molar-refractivity contribution is 0.0781. The van der Waals surface area contributed by atoms with Crippen molar-refractivity contribution in [3.63, 3.8) is 0 Å². The van der Waals surface area contributed by atoms with Crippen molar-refractivity contribution in [3.8, 4) is 5.69 Å². The summed E-state index contributed by atoms with van der Waals surface area (Å²) in [6.45, 7) is 4.20. The summed E-state index contributed by atoms with van der Waals surface area (Å²) in [5, 5.41) is 16.7. The van der Waals surface area contributed by atoms with Crippen molar-refractivity contribution >= 4 is 35.1 Å². The van der Waals surface area contributed by atoms with Gasteiger partial charge in [-0.3, -0.25) is 4.79 Å². The van der Waals surface area contributed by atoms with E-state index >= 15 is 0 Å². The van der Waals surface area contributed by atoms with E-state index in [4.69, 9.17) is 0 Å². The number of nitrogens with zero attached hydrogens (tertiary/aromatic N) is 7. The Kier molecular flexibility index (Phi) is 6.06. The smallest absolute Gasteiger partial charge is 0.203 e. The van der Waals surface area contributed by atoms with Gasteiger partial charge in [0.2, 0.25) is 5.78 Å². The molecule has 1 fully saturated rings. The molecule has 0 bridgehead atoms. The zero-order chi connectivity index (χ0) is 24.7. The van der Waals surface area contributed by atoms with Crippen molar-refractivity contribution in [2.45, 2.75) is 37.8 Å². The van der Waals surface area contributed by atoms with Gasteiger partial charge in [-0.05, 0) is 67.1 Å². The average Bonchev–Trinajstić information content (AvgIpc) is 3.65. The summed E-state index contributed by atoms with van der Waals surface area (Å²) >= 11 is 2.93. The van der Waals surface area contributed by atoms with Crippen molar-refractivity contribution in [1.29, 1.82) is 0 Å². The van der Waals surface area contributed by atoms with Gasteiger partial charge in [0.15, 0.2) is 10.0 Å². The molecule has 0 N–H and O–H groups in total. The van der Waals surface area contributed by atoms with E-state index in [0.717, 1.165) is 53.5 Å². The van der Waals surface area contributed by atoms with E-state index in [-0.39, 0.29) is 11.6 Å². The van der Waals surface area contributed by atoms with E-state index in [2.05, 4.69) is 37.6 Å². The van der Waals surface area contributed by atoms with Crippen LogP contribution in [0.5, 0.6) is 0 Å². The van der Waals surface area contributed by atoms with Crippen LogP contribution in [-0.4, -0.2) is 52.9 Å². The number of aromatic nitrogens is 6. The van der Waals surface area contributed by atoms with Crippen molar-refractivity contribution in [2.24, 2.45) is 5.41 Å². The maximum atomic E-state index is 14.0. The summed E-state index contributed by atoms with van der Waals surface area (Å²) in [5.41, 5.74) is 3.09. The number of ketones is 1. The Hall–Kier alpha value is -3.15. The molecule has 1 aromatic carbocycles. The zero-order valence-electron chi connectivity index (χ0n) is 19.7. The largest absolute Gasteiger partial charge is 0.290 e. The van der Waals surface area contributed by atoms with E-state index < -0.39 is 5.41 Å². The molecule has 6 rings (SSSR count). The first-order valence-corrected chi connectivity index (χ1v) is 13.5. The average molecular weight is 522 g/mol. The Labute approximate surface area is 216 Å². The number of aryl methyl sites for hydroxylation is 1. The van der Waals surface area contributed by atoms with Gasteiger partial charge in [0, 0.05) is 24.7 Å². The molecule has 184 valence electrons. The second-order valence-corrected chi connectivity index (χ2v) is 11.0. The zero-order valence-corrected chi connectivity index (χ0v) is 21.3. The summed E-state index contributed by atoms with van der Waals surface area (Å²) in [7, 11) is 0. The molecule has 4 heterocycles. The number of carbonyl (C=O) groups is 1. The van der Waals surface area contributed by atoms with E-state index in [9.17, 15) is 9.18 Å². The first kappa shape index (κ1) is 23.3. The number of hydrogen-bond donors (Lipinski definition) is 0. The van der Waals surface area contributed by atoms with Gasteiger partial charge < -0.3 is 0 Å². The predicted molar refractivity (Wildman–Crippen MR) is 136 cm³/mol. The second-order valence-electron chi connectivity index (χ2n) is 9.02.